The molecular weight excluding hydrogens is 200 g/mol. The average molecular weight is 216 g/mol. The molecule has 1 heteroatoms. The van der Waals surface area contributed by atoms with Crippen LogP contribution in [0.5, 0.6) is 0 Å². The summed E-state index contributed by atoms with van der Waals surface area (Å²) in [6.45, 7) is 2.12. The largest absolute Gasteiger partial charge is 0.0978 e. The average Bonchev–Trinajstić information content (AvgIpc) is 2.30. The van der Waals surface area contributed by atoms with Crippen molar-refractivity contribution in [2.24, 2.45) is 0 Å². The van der Waals surface area contributed by atoms with Crippen LogP contribution in [0.15, 0.2) is 52.3 Å². The molecule has 1 aliphatic carbocycles. The number of rotatable bonds is 2. The van der Waals surface area contributed by atoms with Crippen molar-refractivity contribution in [1.29, 1.82) is 0 Å². The fourth-order valence-electron chi connectivity index (χ4n) is 1.60. The summed E-state index contributed by atoms with van der Waals surface area (Å²) >= 11 is 1.82. The lowest BCUT2D eigenvalue weighted by Crippen LogP contribution is -1.84. The molecule has 2 rings (SSSR count). The van der Waals surface area contributed by atoms with Gasteiger partial charge in [-0.25, -0.2) is 0 Å². The molecule has 0 unspecified atom stereocenters. The van der Waals surface area contributed by atoms with Crippen molar-refractivity contribution in [3.8, 4) is 0 Å². The first-order valence-corrected chi connectivity index (χ1v) is 6.31. The SMILES string of the molecule is Cc1ccc(SC=C2C=CCCC2)cc1. The predicted molar refractivity (Wildman–Crippen MR) is 68.1 cm³/mol. The predicted octanol–water partition coefficient (Wildman–Crippen LogP) is 4.71. The van der Waals surface area contributed by atoms with Crippen molar-refractivity contribution in [1.82, 2.24) is 0 Å². The molecule has 0 N–H and O–H groups in total. The molecule has 1 aromatic carbocycles. The summed E-state index contributed by atoms with van der Waals surface area (Å²) in [6, 6.07) is 8.70. The zero-order valence-electron chi connectivity index (χ0n) is 9.07. The summed E-state index contributed by atoms with van der Waals surface area (Å²) in [5, 5.41) is 2.28. The Balaban J connectivity index is 2.00. The monoisotopic (exact) mass is 216 g/mol. The second-order valence-electron chi connectivity index (χ2n) is 3.92. The van der Waals surface area contributed by atoms with Crippen LogP contribution in [0.25, 0.3) is 0 Å². The van der Waals surface area contributed by atoms with Gasteiger partial charge in [0.05, 0.1) is 0 Å². The molecule has 0 radical (unpaired) electrons. The highest BCUT2D eigenvalue weighted by Crippen LogP contribution is 2.25. The molecule has 0 saturated heterocycles. The van der Waals surface area contributed by atoms with E-state index in [1.54, 1.807) is 0 Å². The lowest BCUT2D eigenvalue weighted by molar-refractivity contribution is 0.822. The van der Waals surface area contributed by atoms with Crippen LogP contribution < -0.4 is 0 Å². The second kappa shape index (κ2) is 5.22. The number of hydrogen-bond acceptors (Lipinski definition) is 1. The van der Waals surface area contributed by atoms with Gasteiger partial charge >= 0.3 is 0 Å². The van der Waals surface area contributed by atoms with Crippen LogP contribution in [-0.2, 0) is 0 Å². The Labute approximate surface area is 96.1 Å². The Morgan fingerprint density at radius 1 is 1.20 bits per heavy atom. The van der Waals surface area contributed by atoms with E-state index in [4.69, 9.17) is 0 Å². The third kappa shape index (κ3) is 3.28. The highest BCUT2D eigenvalue weighted by atomic mass is 32.2. The van der Waals surface area contributed by atoms with Crippen LogP contribution in [-0.4, -0.2) is 0 Å². The smallest absolute Gasteiger partial charge is 0.0116 e. The third-order valence-corrected chi connectivity index (χ3v) is 3.50. The molecule has 0 bridgehead atoms. The van der Waals surface area contributed by atoms with Gasteiger partial charge in [-0.05, 0) is 49.3 Å². The van der Waals surface area contributed by atoms with Crippen LogP contribution in [0.4, 0.5) is 0 Å². The van der Waals surface area contributed by atoms with E-state index in [0.717, 1.165) is 0 Å². The minimum atomic E-state index is 1.23. The van der Waals surface area contributed by atoms with Gasteiger partial charge < -0.3 is 0 Å². The molecular formula is C14H16S. The first-order valence-electron chi connectivity index (χ1n) is 5.43. The van der Waals surface area contributed by atoms with E-state index >= 15 is 0 Å². The molecule has 0 spiro atoms. The van der Waals surface area contributed by atoms with Crippen molar-refractivity contribution in [3.63, 3.8) is 0 Å². The van der Waals surface area contributed by atoms with Crippen molar-refractivity contribution < 1.29 is 0 Å². The number of thioether (sulfide) groups is 1. The normalized spacial score (nSPS) is 18.3. The topological polar surface area (TPSA) is 0 Å². The molecule has 0 fully saturated rings. The Bertz CT molecular complexity index is 371. The summed E-state index contributed by atoms with van der Waals surface area (Å²) in [7, 11) is 0. The molecule has 0 heterocycles. The van der Waals surface area contributed by atoms with Gasteiger partial charge in [0, 0.05) is 4.90 Å². The lowest BCUT2D eigenvalue weighted by atomic mass is 10.0. The maximum Gasteiger partial charge on any atom is 0.0116 e. The Hall–Kier alpha value is -0.950. The number of hydrogen-bond donors (Lipinski definition) is 0. The highest BCUT2D eigenvalue weighted by Gasteiger charge is 1.98. The van der Waals surface area contributed by atoms with E-state index in [0.29, 0.717) is 0 Å². The Kier molecular flexibility index (Phi) is 3.68. The van der Waals surface area contributed by atoms with Crippen molar-refractivity contribution in [3.05, 3.63) is 53.0 Å². The maximum absolute atomic E-state index is 2.28. The third-order valence-electron chi connectivity index (χ3n) is 2.54. The molecule has 0 nitrogen and oxygen atoms in total. The molecule has 0 saturated carbocycles. The van der Waals surface area contributed by atoms with E-state index in [1.807, 2.05) is 11.8 Å². The van der Waals surface area contributed by atoms with Gasteiger partial charge in [0.25, 0.3) is 0 Å². The maximum atomic E-state index is 2.28. The van der Waals surface area contributed by atoms with Gasteiger partial charge in [-0.2, -0.15) is 0 Å². The Morgan fingerprint density at radius 2 is 2.00 bits per heavy atom. The van der Waals surface area contributed by atoms with E-state index in [2.05, 4.69) is 48.7 Å². The lowest BCUT2D eigenvalue weighted by Gasteiger charge is -2.06. The second-order valence-corrected chi connectivity index (χ2v) is 4.86. The van der Waals surface area contributed by atoms with Gasteiger partial charge in [-0.3, -0.25) is 0 Å². The summed E-state index contributed by atoms with van der Waals surface area (Å²) in [6.07, 6.45) is 8.30. The molecule has 0 aromatic heterocycles. The molecule has 0 atom stereocenters. The Morgan fingerprint density at radius 3 is 2.67 bits per heavy atom. The number of allylic oxidation sites excluding steroid dienone is 3. The summed E-state index contributed by atoms with van der Waals surface area (Å²) < 4.78 is 0. The van der Waals surface area contributed by atoms with Gasteiger partial charge in [-0.15, -0.1) is 0 Å². The number of aryl methyl sites for hydroxylation is 1. The zero-order chi connectivity index (χ0) is 10.5. The van der Waals surface area contributed by atoms with Crippen LogP contribution in [0.1, 0.15) is 24.8 Å². The van der Waals surface area contributed by atoms with Crippen LogP contribution in [0, 0.1) is 6.92 Å². The molecule has 0 amide bonds. The van der Waals surface area contributed by atoms with E-state index in [9.17, 15) is 0 Å². The quantitative estimate of drug-likeness (QED) is 0.645. The summed E-state index contributed by atoms with van der Waals surface area (Å²) in [5.41, 5.74) is 2.79. The standard InChI is InChI=1S/C14H16S/c1-12-7-9-14(10-8-12)15-11-13-5-3-2-4-6-13/h3,5,7-11H,2,4,6H2,1H3. The molecule has 1 aromatic rings. The van der Waals surface area contributed by atoms with E-state index in [1.165, 1.54) is 35.3 Å². The first-order chi connectivity index (χ1) is 7.34. The van der Waals surface area contributed by atoms with Gasteiger partial charge in [-0.1, -0.05) is 41.6 Å². The molecule has 0 aliphatic heterocycles. The van der Waals surface area contributed by atoms with Crippen LogP contribution in [0.3, 0.4) is 0 Å². The molecule has 15 heavy (non-hydrogen) atoms. The van der Waals surface area contributed by atoms with E-state index < -0.39 is 0 Å². The summed E-state index contributed by atoms with van der Waals surface area (Å²) in [5.74, 6) is 0. The zero-order valence-corrected chi connectivity index (χ0v) is 9.89. The van der Waals surface area contributed by atoms with Gasteiger partial charge in [0.1, 0.15) is 0 Å². The van der Waals surface area contributed by atoms with Crippen LogP contribution >= 0.6 is 11.8 Å². The fraction of sp³-hybridized carbons (Fsp3) is 0.286. The van der Waals surface area contributed by atoms with E-state index in [-0.39, 0.29) is 0 Å². The molecule has 78 valence electrons. The minimum absolute atomic E-state index is 1.23. The first kappa shape index (κ1) is 10.6. The minimum Gasteiger partial charge on any atom is -0.0978 e. The van der Waals surface area contributed by atoms with Crippen molar-refractivity contribution >= 4 is 11.8 Å². The number of benzene rings is 1. The van der Waals surface area contributed by atoms with Crippen molar-refractivity contribution in [2.75, 3.05) is 0 Å². The van der Waals surface area contributed by atoms with Gasteiger partial charge in [0.15, 0.2) is 0 Å². The highest BCUT2D eigenvalue weighted by molar-refractivity contribution is 8.02. The van der Waals surface area contributed by atoms with Crippen LogP contribution in [0.2, 0.25) is 0 Å². The van der Waals surface area contributed by atoms with Crippen molar-refractivity contribution in [2.45, 2.75) is 31.1 Å². The fourth-order valence-corrected chi connectivity index (χ4v) is 2.38. The summed E-state index contributed by atoms with van der Waals surface area (Å²) in [4.78, 5) is 1.33. The molecule has 1 aliphatic rings. The van der Waals surface area contributed by atoms with Gasteiger partial charge in [0.2, 0.25) is 0 Å².